The predicted molar refractivity (Wildman–Crippen MR) is 70.3 cm³/mol. The average molecular weight is 287 g/mol. The first kappa shape index (κ1) is 15.3. The van der Waals surface area contributed by atoms with Gasteiger partial charge in [-0.25, -0.2) is 0 Å². The normalized spacial score (nSPS) is 9.89. The summed E-state index contributed by atoms with van der Waals surface area (Å²) in [6.07, 6.45) is -0.0535. The SMILES string of the molecule is COC(=O)Cc1cc(OC)cc(OC)c1C(=O)CCl. The molecule has 0 saturated heterocycles. The van der Waals surface area contributed by atoms with Gasteiger partial charge in [0, 0.05) is 6.07 Å². The quantitative estimate of drug-likeness (QED) is 0.454. The summed E-state index contributed by atoms with van der Waals surface area (Å²) in [6.45, 7) is 0. The van der Waals surface area contributed by atoms with Gasteiger partial charge in [-0.15, -0.1) is 11.6 Å². The Balaban J connectivity index is 3.36. The number of carbonyl (C=O) groups is 2. The van der Waals surface area contributed by atoms with Crippen molar-refractivity contribution in [2.24, 2.45) is 0 Å². The van der Waals surface area contributed by atoms with Crippen LogP contribution in [-0.4, -0.2) is 39.0 Å². The van der Waals surface area contributed by atoms with Crippen molar-refractivity contribution in [3.63, 3.8) is 0 Å². The Hall–Kier alpha value is -1.75. The number of esters is 1. The lowest BCUT2D eigenvalue weighted by Crippen LogP contribution is -2.13. The van der Waals surface area contributed by atoms with Gasteiger partial charge in [-0.1, -0.05) is 0 Å². The molecule has 0 heterocycles. The molecule has 19 heavy (non-hydrogen) atoms. The van der Waals surface area contributed by atoms with Gasteiger partial charge in [-0.05, 0) is 11.6 Å². The van der Waals surface area contributed by atoms with Gasteiger partial charge in [0.1, 0.15) is 11.5 Å². The molecule has 5 nitrogen and oxygen atoms in total. The van der Waals surface area contributed by atoms with Gasteiger partial charge in [0.25, 0.3) is 0 Å². The maximum absolute atomic E-state index is 11.9. The Morgan fingerprint density at radius 2 is 1.84 bits per heavy atom. The number of methoxy groups -OCH3 is 3. The van der Waals surface area contributed by atoms with Gasteiger partial charge < -0.3 is 14.2 Å². The second kappa shape index (κ2) is 6.99. The summed E-state index contributed by atoms with van der Waals surface area (Å²) >= 11 is 5.58. The topological polar surface area (TPSA) is 61.8 Å². The van der Waals surface area contributed by atoms with Gasteiger partial charge in [-0.2, -0.15) is 0 Å². The number of benzene rings is 1. The van der Waals surface area contributed by atoms with Crippen molar-refractivity contribution in [1.82, 2.24) is 0 Å². The number of carbonyl (C=O) groups excluding carboxylic acids is 2. The molecule has 0 bridgehead atoms. The summed E-state index contributed by atoms with van der Waals surface area (Å²) in [6, 6.07) is 3.17. The Labute approximate surface area is 116 Å². The summed E-state index contributed by atoms with van der Waals surface area (Å²) in [5.74, 6) is -0.165. The number of ketones is 1. The molecule has 0 spiro atoms. The largest absolute Gasteiger partial charge is 0.497 e. The fourth-order valence-electron chi connectivity index (χ4n) is 1.67. The van der Waals surface area contributed by atoms with Crippen LogP contribution in [0.3, 0.4) is 0 Å². The molecule has 0 aliphatic carbocycles. The highest BCUT2D eigenvalue weighted by Crippen LogP contribution is 2.30. The fraction of sp³-hybridized carbons (Fsp3) is 0.385. The van der Waals surface area contributed by atoms with Crippen molar-refractivity contribution >= 4 is 23.4 Å². The highest BCUT2D eigenvalue weighted by atomic mass is 35.5. The van der Waals surface area contributed by atoms with E-state index in [1.807, 2.05) is 0 Å². The maximum atomic E-state index is 11.9. The van der Waals surface area contributed by atoms with Gasteiger partial charge in [-0.3, -0.25) is 9.59 Å². The Morgan fingerprint density at radius 3 is 2.32 bits per heavy atom. The minimum atomic E-state index is -0.459. The molecule has 104 valence electrons. The third kappa shape index (κ3) is 3.61. The lowest BCUT2D eigenvalue weighted by atomic mass is 10.00. The van der Waals surface area contributed by atoms with Gasteiger partial charge >= 0.3 is 5.97 Å². The van der Waals surface area contributed by atoms with Crippen molar-refractivity contribution in [3.05, 3.63) is 23.3 Å². The number of Topliss-reactive ketones (excluding diaryl/α,β-unsaturated/α-hetero) is 1. The molecular formula is C13H15ClO5. The molecule has 0 N–H and O–H groups in total. The first-order valence-electron chi connectivity index (χ1n) is 5.48. The molecule has 0 amide bonds. The van der Waals surface area contributed by atoms with E-state index in [2.05, 4.69) is 4.74 Å². The third-order valence-corrected chi connectivity index (χ3v) is 2.82. The number of rotatable bonds is 6. The predicted octanol–water partition coefficient (Wildman–Crippen LogP) is 1.84. The molecule has 0 saturated carbocycles. The number of hydrogen-bond acceptors (Lipinski definition) is 5. The molecule has 1 rings (SSSR count). The van der Waals surface area contributed by atoms with Gasteiger partial charge in [0.2, 0.25) is 0 Å². The van der Waals surface area contributed by atoms with Crippen LogP contribution >= 0.6 is 11.6 Å². The van der Waals surface area contributed by atoms with E-state index in [0.717, 1.165) is 0 Å². The molecule has 0 radical (unpaired) electrons. The average Bonchev–Trinajstić information content (AvgIpc) is 2.45. The molecule has 0 aliphatic rings. The summed E-state index contributed by atoms with van der Waals surface area (Å²) in [5.41, 5.74) is 0.748. The van der Waals surface area contributed by atoms with Gasteiger partial charge in [0.05, 0.1) is 39.2 Å². The third-order valence-electron chi connectivity index (χ3n) is 2.58. The molecule has 1 aromatic carbocycles. The molecule has 0 aromatic heterocycles. The first-order valence-corrected chi connectivity index (χ1v) is 6.01. The van der Waals surface area contributed by atoms with E-state index < -0.39 is 5.97 Å². The van der Waals surface area contributed by atoms with E-state index in [4.69, 9.17) is 21.1 Å². The number of ether oxygens (including phenoxy) is 3. The van der Waals surface area contributed by atoms with E-state index in [9.17, 15) is 9.59 Å². The smallest absolute Gasteiger partial charge is 0.310 e. The van der Waals surface area contributed by atoms with Crippen LogP contribution in [-0.2, 0) is 16.0 Å². The van der Waals surface area contributed by atoms with Crippen LogP contribution in [0.5, 0.6) is 11.5 Å². The lowest BCUT2D eigenvalue weighted by Gasteiger charge is -2.13. The molecule has 0 aliphatic heterocycles. The number of alkyl halides is 1. The van der Waals surface area contributed by atoms with Crippen molar-refractivity contribution in [1.29, 1.82) is 0 Å². The molecule has 1 aromatic rings. The second-order valence-corrected chi connectivity index (χ2v) is 3.94. The highest BCUT2D eigenvalue weighted by molar-refractivity contribution is 6.31. The van der Waals surface area contributed by atoms with Crippen molar-refractivity contribution in [2.75, 3.05) is 27.2 Å². The van der Waals surface area contributed by atoms with Crippen molar-refractivity contribution in [2.45, 2.75) is 6.42 Å². The molecule has 0 fully saturated rings. The van der Waals surface area contributed by atoms with Crippen LogP contribution in [0.4, 0.5) is 0 Å². The summed E-state index contributed by atoms with van der Waals surface area (Å²) < 4.78 is 14.9. The number of halogens is 1. The summed E-state index contributed by atoms with van der Waals surface area (Å²) in [4.78, 5) is 23.3. The summed E-state index contributed by atoms with van der Waals surface area (Å²) in [7, 11) is 4.20. The van der Waals surface area contributed by atoms with E-state index in [-0.39, 0.29) is 23.6 Å². The van der Waals surface area contributed by atoms with Crippen LogP contribution in [0.15, 0.2) is 12.1 Å². The van der Waals surface area contributed by atoms with Crippen LogP contribution in [0.25, 0.3) is 0 Å². The Morgan fingerprint density at radius 1 is 1.16 bits per heavy atom. The van der Waals surface area contributed by atoms with E-state index in [0.29, 0.717) is 17.1 Å². The van der Waals surface area contributed by atoms with Crippen LogP contribution in [0.2, 0.25) is 0 Å². The van der Waals surface area contributed by atoms with Crippen LogP contribution in [0.1, 0.15) is 15.9 Å². The number of hydrogen-bond donors (Lipinski definition) is 0. The highest BCUT2D eigenvalue weighted by Gasteiger charge is 2.20. The summed E-state index contributed by atoms with van der Waals surface area (Å²) in [5, 5.41) is 0. The zero-order valence-electron chi connectivity index (χ0n) is 11.0. The molecular weight excluding hydrogens is 272 g/mol. The molecule has 0 unspecified atom stereocenters. The monoisotopic (exact) mass is 286 g/mol. The van der Waals surface area contributed by atoms with Crippen molar-refractivity contribution in [3.8, 4) is 11.5 Å². The molecule has 0 atom stereocenters. The minimum Gasteiger partial charge on any atom is -0.497 e. The van der Waals surface area contributed by atoms with E-state index in [1.54, 1.807) is 12.1 Å². The Kier molecular flexibility index (Phi) is 5.63. The first-order chi connectivity index (χ1) is 9.07. The van der Waals surface area contributed by atoms with Crippen molar-refractivity contribution < 1.29 is 23.8 Å². The zero-order chi connectivity index (χ0) is 14.4. The molecule has 6 heteroatoms. The maximum Gasteiger partial charge on any atom is 0.310 e. The zero-order valence-corrected chi connectivity index (χ0v) is 11.7. The standard InChI is InChI=1S/C13H15ClO5/c1-17-9-4-8(5-12(16)19-3)13(10(15)7-14)11(6-9)18-2/h4,6H,5,7H2,1-3H3. The van der Waals surface area contributed by atoms with E-state index >= 15 is 0 Å². The van der Waals surface area contributed by atoms with Crippen LogP contribution < -0.4 is 9.47 Å². The minimum absolute atomic E-state index is 0.0535. The van der Waals surface area contributed by atoms with Crippen LogP contribution in [0, 0.1) is 0 Å². The van der Waals surface area contributed by atoms with E-state index in [1.165, 1.54) is 21.3 Å². The Bertz CT molecular complexity index is 484. The van der Waals surface area contributed by atoms with Gasteiger partial charge in [0.15, 0.2) is 5.78 Å². The fourth-order valence-corrected chi connectivity index (χ4v) is 1.81. The second-order valence-electron chi connectivity index (χ2n) is 3.67. The lowest BCUT2D eigenvalue weighted by molar-refractivity contribution is -0.139.